The second-order valence-corrected chi connectivity index (χ2v) is 5.88. The molecule has 0 aliphatic carbocycles. The molecule has 4 nitrogen and oxygen atoms in total. The second kappa shape index (κ2) is 6.06. The van der Waals surface area contributed by atoms with Crippen LogP contribution in [-0.2, 0) is 9.59 Å². The number of halogens is 1. The molecule has 1 saturated heterocycles. The molecule has 0 radical (unpaired) electrons. The molecule has 1 atom stereocenters. The predicted octanol–water partition coefficient (Wildman–Crippen LogP) is 2.33. The van der Waals surface area contributed by atoms with E-state index in [1.807, 2.05) is 6.07 Å². The first-order chi connectivity index (χ1) is 9.49. The summed E-state index contributed by atoms with van der Waals surface area (Å²) in [6, 6.07) is 5.75. The summed E-state index contributed by atoms with van der Waals surface area (Å²) in [5.41, 5.74) is 0.594. The third-order valence-corrected chi connectivity index (χ3v) is 4.10. The standard InChI is InChI=1S/C14H13FN2O2S/c1-9(18)20-8-11-4-14(19)17(7-11)13-3-10(6-16)2-12(15)5-13/h2-3,5,11H,4,7-8H2,1H3. The molecule has 20 heavy (non-hydrogen) atoms. The van der Waals surface area contributed by atoms with E-state index in [0.29, 0.717) is 24.4 Å². The molecule has 0 N–H and O–H groups in total. The number of carbonyl (C=O) groups excluding carboxylic acids is 2. The molecule has 0 spiro atoms. The van der Waals surface area contributed by atoms with Crippen LogP contribution in [-0.4, -0.2) is 23.3 Å². The Morgan fingerprint density at radius 3 is 2.95 bits per heavy atom. The molecule has 0 bridgehead atoms. The van der Waals surface area contributed by atoms with E-state index in [1.54, 1.807) is 0 Å². The largest absolute Gasteiger partial charge is 0.312 e. The van der Waals surface area contributed by atoms with Crippen molar-refractivity contribution in [3.63, 3.8) is 0 Å². The van der Waals surface area contributed by atoms with E-state index in [1.165, 1.54) is 35.7 Å². The average molecular weight is 292 g/mol. The van der Waals surface area contributed by atoms with Crippen molar-refractivity contribution >= 4 is 28.5 Å². The molecular weight excluding hydrogens is 279 g/mol. The molecule has 1 amide bonds. The quantitative estimate of drug-likeness (QED) is 0.858. The zero-order valence-corrected chi connectivity index (χ0v) is 11.7. The van der Waals surface area contributed by atoms with Crippen LogP contribution in [0.1, 0.15) is 18.9 Å². The molecule has 1 unspecified atom stereocenters. The van der Waals surface area contributed by atoms with Gasteiger partial charge in [-0.05, 0) is 24.1 Å². The molecule has 1 aromatic carbocycles. The van der Waals surface area contributed by atoms with Crippen LogP contribution in [0.15, 0.2) is 18.2 Å². The van der Waals surface area contributed by atoms with E-state index < -0.39 is 5.82 Å². The highest BCUT2D eigenvalue weighted by molar-refractivity contribution is 8.13. The molecule has 2 rings (SSSR count). The third-order valence-electron chi connectivity index (χ3n) is 3.05. The molecule has 1 fully saturated rings. The lowest BCUT2D eigenvalue weighted by molar-refractivity contribution is -0.117. The molecule has 1 aliphatic heterocycles. The Balaban J connectivity index is 2.14. The molecule has 6 heteroatoms. The highest BCUT2D eigenvalue weighted by Crippen LogP contribution is 2.28. The van der Waals surface area contributed by atoms with Crippen LogP contribution in [0.5, 0.6) is 0 Å². The summed E-state index contributed by atoms with van der Waals surface area (Å²) in [6.45, 7) is 1.94. The van der Waals surface area contributed by atoms with Crippen molar-refractivity contribution in [2.24, 2.45) is 5.92 Å². The van der Waals surface area contributed by atoms with Crippen molar-refractivity contribution in [2.45, 2.75) is 13.3 Å². The van der Waals surface area contributed by atoms with Crippen LogP contribution in [0.3, 0.4) is 0 Å². The van der Waals surface area contributed by atoms with Crippen LogP contribution in [0.2, 0.25) is 0 Å². The van der Waals surface area contributed by atoms with Crippen molar-refractivity contribution in [1.29, 1.82) is 5.26 Å². The van der Waals surface area contributed by atoms with Gasteiger partial charge in [0.1, 0.15) is 5.82 Å². The number of benzene rings is 1. The molecule has 1 aromatic rings. The topological polar surface area (TPSA) is 61.2 Å². The maximum atomic E-state index is 13.4. The number of anilines is 1. The summed E-state index contributed by atoms with van der Waals surface area (Å²) in [5.74, 6) is 0.0186. The number of rotatable bonds is 3. The fourth-order valence-electron chi connectivity index (χ4n) is 2.17. The smallest absolute Gasteiger partial charge is 0.227 e. The Hall–Kier alpha value is -1.87. The fourth-order valence-corrected chi connectivity index (χ4v) is 2.87. The highest BCUT2D eigenvalue weighted by atomic mass is 32.2. The van der Waals surface area contributed by atoms with E-state index >= 15 is 0 Å². The van der Waals surface area contributed by atoms with Gasteiger partial charge in [-0.15, -0.1) is 0 Å². The lowest BCUT2D eigenvalue weighted by atomic mass is 10.1. The summed E-state index contributed by atoms with van der Waals surface area (Å²) in [6.07, 6.45) is 0.346. The minimum absolute atomic E-state index is 0.0217. The van der Waals surface area contributed by atoms with E-state index in [4.69, 9.17) is 5.26 Å². The van der Waals surface area contributed by atoms with Crippen LogP contribution in [0.4, 0.5) is 10.1 Å². The van der Waals surface area contributed by atoms with Crippen LogP contribution < -0.4 is 4.90 Å². The van der Waals surface area contributed by atoms with Gasteiger partial charge in [0.25, 0.3) is 0 Å². The van der Waals surface area contributed by atoms with Gasteiger partial charge in [0.15, 0.2) is 5.12 Å². The molecular formula is C14H13FN2O2S. The Morgan fingerprint density at radius 2 is 2.30 bits per heavy atom. The maximum Gasteiger partial charge on any atom is 0.227 e. The first-order valence-corrected chi connectivity index (χ1v) is 7.12. The Bertz CT molecular complexity index is 597. The number of hydrogen-bond donors (Lipinski definition) is 0. The third kappa shape index (κ3) is 3.36. The SMILES string of the molecule is CC(=O)SCC1CC(=O)N(c2cc(F)cc(C#N)c2)C1. The van der Waals surface area contributed by atoms with Gasteiger partial charge in [0.2, 0.25) is 5.91 Å². The Morgan fingerprint density at radius 1 is 1.55 bits per heavy atom. The number of nitriles is 1. The van der Waals surface area contributed by atoms with Crippen LogP contribution in [0, 0.1) is 23.1 Å². The predicted molar refractivity (Wildman–Crippen MR) is 74.7 cm³/mol. The van der Waals surface area contributed by atoms with Gasteiger partial charge in [0.05, 0.1) is 11.6 Å². The van der Waals surface area contributed by atoms with Crippen molar-refractivity contribution in [3.8, 4) is 6.07 Å². The highest BCUT2D eigenvalue weighted by Gasteiger charge is 2.31. The Labute approximate surface area is 120 Å². The van der Waals surface area contributed by atoms with E-state index in [0.717, 1.165) is 6.07 Å². The summed E-state index contributed by atoms with van der Waals surface area (Å²) in [4.78, 5) is 24.4. The molecule has 0 saturated carbocycles. The normalized spacial score (nSPS) is 18.1. The van der Waals surface area contributed by atoms with Gasteiger partial charge >= 0.3 is 0 Å². The van der Waals surface area contributed by atoms with Gasteiger partial charge in [-0.3, -0.25) is 9.59 Å². The van der Waals surface area contributed by atoms with Gasteiger partial charge in [0, 0.05) is 31.3 Å². The summed E-state index contributed by atoms with van der Waals surface area (Å²) < 4.78 is 13.4. The van der Waals surface area contributed by atoms with E-state index in [2.05, 4.69) is 0 Å². The van der Waals surface area contributed by atoms with Crippen LogP contribution >= 0.6 is 11.8 Å². The number of amides is 1. The lowest BCUT2D eigenvalue weighted by Gasteiger charge is -2.17. The number of thioether (sulfide) groups is 1. The van der Waals surface area contributed by atoms with E-state index in [-0.39, 0.29) is 22.5 Å². The minimum Gasteiger partial charge on any atom is -0.312 e. The van der Waals surface area contributed by atoms with Crippen molar-refractivity contribution in [2.75, 3.05) is 17.2 Å². The monoisotopic (exact) mass is 292 g/mol. The van der Waals surface area contributed by atoms with Crippen LogP contribution in [0.25, 0.3) is 0 Å². The van der Waals surface area contributed by atoms with Gasteiger partial charge in [-0.2, -0.15) is 5.26 Å². The van der Waals surface area contributed by atoms with Crippen molar-refractivity contribution in [1.82, 2.24) is 0 Å². The molecule has 0 aromatic heterocycles. The minimum atomic E-state index is -0.534. The van der Waals surface area contributed by atoms with Crippen molar-refractivity contribution in [3.05, 3.63) is 29.6 Å². The summed E-state index contributed by atoms with van der Waals surface area (Å²) in [5, 5.41) is 8.85. The van der Waals surface area contributed by atoms with Crippen molar-refractivity contribution < 1.29 is 14.0 Å². The molecule has 1 aliphatic rings. The first kappa shape index (κ1) is 14.5. The fraction of sp³-hybridized carbons (Fsp3) is 0.357. The lowest BCUT2D eigenvalue weighted by Crippen LogP contribution is -2.25. The summed E-state index contributed by atoms with van der Waals surface area (Å²) in [7, 11) is 0. The van der Waals surface area contributed by atoms with Gasteiger partial charge in [-0.1, -0.05) is 11.8 Å². The Kier molecular flexibility index (Phi) is 4.40. The zero-order chi connectivity index (χ0) is 14.7. The van der Waals surface area contributed by atoms with E-state index in [9.17, 15) is 14.0 Å². The van der Waals surface area contributed by atoms with Gasteiger partial charge < -0.3 is 4.90 Å². The van der Waals surface area contributed by atoms with Gasteiger partial charge in [-0.25, -0.2) is 4.39 Å². The average Bonchev–Trinajstić information content (AvgIpc) is 2.77. The zero-order valence-electron chi connectivity index (χ0n) is 10.9. The number of carbonyl (C=O) groups is 2. The number of nitrogens with zero attached hydrogens (tertiary/aromatic N) is 2. The maximum absolute atomic E-state index is 13.4. The molecule has 104 valence electrons. The molecule has 1 heterocycles. The first-order valence-electron chi connectivity index (χ1n) is 6.14. The summed E-state index contributed by atoms with van der Waals surface area (Å²) >= 11 is 1.19. The number of hydrogen-bond acceptors (Lipinski definition) is 4. The second-order valence-electron chi connectivity index (χ2n) is 4.69.